The van der Waals surface area contributed by atoms with Crippen molar-refractivity contribution in [2.75, 3.05) is 17.2 Å². The highest BCUT2D eigenvalue weighted by Gasteiger charge is 2.19. The average molecular weight is 343 g/mol. The van der Waals surface area contributed by atoms with Crippen molar-refractivity contribution in [3.8, 4) is 0 Å². The van der Waals surface area contributed by atoms with Crippen LogP contribution >= 0.6 is 0 Å². The Balaban J connectivity index is 1.44. The van der Waals surface area contributed by atoms with Gasteiger partial charge in [-0.3, -0.25) is 4.79 Å². The molecule has 130 valence electrons. The number of benzene rings is 2. The second-order valence-electron chi connectivity index (χ2n) is 6.65. The maximum absolute atomic E-state index is 12.5. The van der Waals surface area contributed by atoms with Gasteiger partial charge in [0.2, 0.25) is 0 Å². The summed E-state index contributed by atoms with van der Waals surface area (Å²) in [7, 11) is 0. The van der Waals surface area contributed by atoms with Gasteiger partial charge in [-0.15, -0.1) is 0 Å². The Labute approximate surface area is 153 Å². The van der Waals surface area contributed by atoms with Gasteiger partial charge in [0.25, 0.3) is 0 Å². The zero-order valence-corrected chi connectivity index (χ0v) is 14.6. The zero-order chi connectivity index (χ0) is 17.9. The number of carbonyl (C=O) groups is 1. The van der Waals surface area contributed by atoms with Gasteiger partial charge in [0.15, 0.2) is 5.78 Å². The SMILES string of the molecule is Nc1ccccc1CC(=O)c1ccc(CN2CCc3cccnc32)cc1. The topological polar surface area (TPSA) is 59.2 Å². The van der Waals surface area contributed by atoms with Crippen molar-refractivity contribution in [2.45, 2.75) is 19.4 Å². The highest BCUT2D eigenvalue weighted by Crippen LogP contribution is 2.26. The third-order valence-corrected chi connectivity index (χ3v) is 4.87. The monoisotopic (exact) mass is 343 g/mol. The molecule has 2 N–H and O–H groups in total. The molecule has 0 fully saturated rings. The maximum Gasteiger partial charge on any atom is 0.167 e. The van der Waals surface area contributed by atoms with Crippen molar-refractivity contribution in [1.29, 1.82) is 0 Å². The molecule has 3 aromatic rings. The molecule has 1 aliphatic heterocycles. The number of fused-ring (bicyclic) bond motifs is 1. The molecule has 4 rings (SSSR count). The van der Waals surface area contributed by atoms with Crippen molar-refractivity contribution in [1.82, 2.24) is 4.98 Å². The van der Waals surface area contributed by atoms with Gasteiger partial charge >= 0.3 is 0 Å². The minimum atomic E-state index is 0.0858. The number of pyridine rings is 1. The van der Waals surface area contributed by atoms with Gasteiger partial charge < -0.3 is 10.6 Å². The van der Waals surface area contributed by atoms with Gasteiger partial charge in [-0.05, 0) is 35.2 Å². The molecular weight excluding hydrogens is 322 g/mol. The summed E-state index contributed by atoms with van der Waals surface area (Å²) in [6.45, 7) is 1.80. The van der Waals surface area contributed by atoms with Crippen LogP contribution in [-0.4, -0.2) is 17.3 Å². The average Bonchev–Trinajstić information content (AvgIpc) is 3.07. The number of nitrogens with two attached hydrogens (primary N) is 1. The minimum Gasteiger partial charge on any atom is -0.398 e. The molecule has 4 nitrogen and oxygen atoms in total. The van der Waals surface area contributed by atoms with Gasteiger partial charge in [0.1, 0.15) is 5.82 Å². The highest BCUT2D eigenvalue weighted by molar-refractivity contribution is 5.98. The summed E-state index contributed by atoms with van der Waals surface area (Å²) >= 11 is 0. The first-order valence-electron chi connectivity index (χ1n) is 8.85. The summed E-state index contributed by atoms with van der Waals surface area (Å²) in [4.78, 5) is 19.3. The number of hydrogen-bond donors (Lipinski definition) is 1. The van der Waals surface area contributed by atoms with Crippen molar-refractivity contribution in [3.63, 3.8) is 0 Å². The second-order valence-corrected chi connectivity index (χ2v) is 6.65. The quantitative estimate of drug-likeness (QED) is 0.567. The standard InChI is InChI=1S/C22H21N3O/c23-20-6-2-1-4-19(20)14-21(26)17-9-7-16(8-10-17)15-25-13-11-18-5-3-12-24-22(18)25/h1-10,12H,11,13-15,23H2. The van der Waals surface area contributed by atoms with Crippen molar-refractivity contribution in [3.05, 3.63) is 89.1 Å². The van der Waals surface area contributed by atoms with Crippen molar-refractivity contribution in [2.24, 2.45) is 0 Å². The predicted molar refractivity (Wildman–Crippen MR) is 104 cm³/mol. The Hall–Kier alpha value is -3.14. The van der Waals surface area contributed by atoms with E-state index in [0.29, 0.717) is 12.1 Å². The number of nitrogen functional groups attached to an aromatic ring is 1. The number of aromatic nitrogens is 1. The Bertz CT molecular complexity index is 934. The Morgan fingerprint density at radius 1 is 1.04 bits per heavy atom. The van der Waals surface area contributed by atoms with Crippen LogP contribution in [0.3, 0.4) is 0 Å². The van der Waals surface area contributed by atoms with E-state index in [1.54, 1.807) is 0 Å². The third kappa shape index (κ3) is 3.31. The lowest BCUT2D eigenvalue weighted by Gasteiger charge is -2.18. The van der Waals surface area contributed by atoms with Crippen LogP contribution in [0.2, 0.25) is 0 Å². The molecule has 2 aromatic carbocycles. The summed E-state index contributed by atoms with van der Waals surface area (Å²) < 4.78 is 0. The van der Waals surface area contributed by atoms with Crippen molar-refractivity contribution < 1.29 is 4.79 Å². The number of ketones is 1. The molecule has 1 aliphatic rings. The van der Waals surface area contributed by atoms with E-state index in [2.05, 4.69) is 16.0 Å². The minimum absolute atomic E-state index is 0.0858. The van der Waals surface area contributed by atoms with Crippen LogP contribution in [0.15, 0.2) is 66.9 Å². The van der Waals surface area contributed by atoms with Gasteiger partial charge in [0, 0.05) is 37.0 Å². The molecule has 4 heteroatoms. The predicted octanol–water partition coefficient (Wildman–Crippen LogP) is 3.65. The molecule has 0 aliphatic carbocycles. The van der Waals surface area contributed by atoms with E-state index < -0.39 is 0 Å². The lowest BCUT2D eigenvalue weighted by atomic mass is 10.0. The molecule has 0 amide bonds. The number of rotatable bonds is 5. The molecule has 0 spiro atoms. The fourth-order valence-electron chi connectivity index (χ4n) is 3.41. The van der Waals surface area contributed by atoms with E-state index in [9.17, 15) is 4.79 Å². The first-order chi connectivity index (χ1) is 12.7. The number of hydrogen-bond acceptors (Lipinski definition) is 4. The Morgan fingerprint density at radius 2 is 1.85 bits per heavy atom. The first kappa shape index (κ1) is 16.3. The smallest absolute Gasteiger partial charge is 0.167 e. The van der Waals surface area contributed by atoms with Gasteiger partial charge in [-0.25, -0.2) is 4.98 Å². The van der Waals surface area contributed by atoms with Gasteiger partial charge in [-0.1, -0.05) is 48.5 Å². The zero-order valence-electron chi connectivity index (χ0n) is 14.6. The number of para-hydroxylation sites is 1. The van der Waals surface area contributed by atoms with Crippen LogP contribution in [0.1, 0.15) is 27.0 Å². The first-order valence-corrected chi connectivity index (χ1v) is 8.85. The largest absolute Gasteiger partial charge is 0.398 e. The van der Waals surface area contributed by atoms with E-state index in [4.69, 9.17) is 5.73 Å². The van der Waals surface area contributed by atoms with Crippen LogP contribution in [0.25, 0.3) is 0 Å². The number of Topliss-reactive ketones (excluding diaryl/α,β-unsaturated/α-hetero) is 1. The highest BCUT2D eigenvalue weighted by atomic mass is 16.1. The van der Waals surface area contributed by atoms with E-state index in [0.717, 1.165) is 36.5 Å². The van der Waals surface area contributed by atoms with Gasteiger partial charge in [0.05, 0.1) is 0 Å². The molecule has 0 saturated heterocycles. The normalized spacial score (nSPS) is 12.8. The summed E-state index contributed by atoms with van der Waals surface area (Å²) in [5.41, 5.74) is 10.7. The Morgan fingerprint density at radius 3 is 2.65 bits per heavy atom. The van der Waals surface area contributed by atoms with Crippen LogP contribution in [0.4, 0.5) is 11.5 Å². The summed E-state index contributed by atoms with van der Waals surface area (Å²) in [6, 6.07) is 19.5. The lowest BCUT2D eigenvalue weighted by Crippen LogP contribution is -2.20. The molecule has 0 atom stereocenters. The summed E-state index contributed by atoms with van der Waals surface area (Å²) in [6.07, 6.45) is 3.21. The third-order valence-electron chi connectivity index (χ3n) is 4.87. The fourth-order valence-corrected chi connectivity index (χ4v) is 3.41. The molecule has 0 unspecified atom stereocenters. The maximum atomic E-state index is 12.5. The number of carbonyl (C=O) groups excluding carboxylic acids is 1. The fraction of sp³-hybridized carbons (Fsp3) is 0.182. The molecule has 26 heavy (non-hydrogen) atoms. The number of nitrogens with zero attached hydrogens (tertiary/aromatic N) is 2. The number of anilines is 2. The molecule has 2 heterocycles. The molecule has 0 bridgehead atoms. The van der Waals surface area contributed by atoms with E-state index in [1.165, 1.54) is 11.1 Å². The summed E-state index contributed by atoms with van der Waals surface area (Å²) in [5, 5.41) is 0. The molecule has 1 aromatic heterocycles. The molecule has 0 saturated carbocycles. The lowest BCUT2D eigenvalue weighted by molar-refractivity contribution is 0.0993. The van der Waals surface area contributed by atoms with Crippen molar-refractivity contribution >= 4 is 17.3 Å². The van der Waals surface area contributed by atoms with E-state index >= 15 is 0 Å². The second kappa shape index (κ2) is 7.00. The molecule has 0 radical (unpaired) electrons. The van der Waals surface area contributed by atoms with Crippen LogP contribution in [-0.2, 0) is 19.4 Å². The van der Waals surface area contributed by atoms with E-state index in [1.807, 2.05) is 60.8 Å². The van der Waals surface area contributed by atoms with Gasteiger partial charge in [-0.2, -0.15) is 0 Å². The van der Waals surface area contributed by atoms with E-state index in [-0.39, 0.29) is 5.78 Å². The Kier molecular flexibility index (Phi) is 4.40. The van der Waals surface area contributed by atoms with Crippen LogP contribution < -0.4 is 10.6 Å². The van der Waals surface area contributed by atoms with Crippen LogP contribution in [0, 0.1) is 0 Å². The summed E-state index contributed by atoms with van der Waals surface area (Å²) in [5.74, 6) is 1.16. The van der Waals surface area contributed by atoms with Crippen LogP contribution in [0.5, 0.6) is 0 Å². The molecular formula is C22H21N3O.